The van der Waals surface area contributed by atoms with Crippen LogP contribution >= 0.6 is 0 Å². The minimum absolute atomic E-state index is 0.470. The fourth-order valence-corrected chi connectivity index (χ4v) is 3.71. The van der Waals surface area contributed by atoms with Gasteiger partial charge in [-0.25, -0.2) is 0 Å². The molecule has 0 heterocycles. The molecule has 0 spiro atoms. The molecule has 186 valence electrons. The lowest BCUT2D eigenvalue weighted by Gasteiger charge is -2.15. The lowest BCUT2D eigenvalue weighted by atomic mass is 10.0. The Morgan fingerprint density at radius 1 is 0.387 bits per heavy atom. The van der Waals surface area contributed by atoms with Crippen molar-refractivity contribution in [3.05, 3.63) is 0 Å². The largest absolute Gasteiger partial charge is 0.639 e. The van der Waals surface area contributed by atoms with Crippen molar-refractivity contribution in [1.29, 1.82) is 0 Å². The summed E-state index contributed by atoms with van der Waals surface area (Å²) >= 11 is 0. The van der Waals surface area contributed by atoms with Gasteiger partial charge < -0.3 is 14.0 Å². The van der Waals surface area contributed by atoms with E-state index in [1.54, 1.807) is 0 Å². The third-order valence-electron chi connectivity index (χ3n) is 5.79. The molecule has 0 atom stereocenters. The summed E-state index contributed by atoms with van der Waals surface area (Å²) in [5, 5.41) is 0. The van der Waals surface area contributed by atoms with Crippen molar-refractivity contribution in [2.45, 2.75) is 138 Å². The lowest BCUT2D eigenvalue weighted by molar-refractivity contribution is 0.0885. The molecule has 0 fully saturated rings. The van der Waals surface area contributed by atoms with E-state index in [9.17, 15) is 0 Å². The molecule has 0 radical (unpaired) electrons. The summed E-state index contributed by atoms with van der Waals surface area (Å²) in [4.78, 5) is 0. The first-order valence-corrected chi connectivity index (χ1v) is 13.8. The first-order chi connectivity index (χ1) is 14.9. The maximum absolute atomic E-state index is 5.94. The van der Waals surface area contributed by atoms with Crippen LogP contribution in [0, 0.1) is 17.8 Å². The van der Waals surface area contributed by atoms with E-state index in [0.29, 0.717) is 0 Å². The van der Waals surface area contributed by atoms with E-state index >= 15 is 0 Å². The van der Waals surface area contributed by atoms with E-state index in [1.807, 2.05) is 0 Å². The van der Waals surface area contributed by atoms with Gasteiger partial charge in [0, 0.05) is 19.8 Å². The average molecular weight is 441 g/mol. The second kappa shape index (κ2) is 23.1. The quantitative estimate of drug-likeness (QED) is 0.111. The molecule has 31 heavy (non-hydrogen) atoms. The molecule has 0 aliphatic heterocycles. The van der Waals surface area contributed by atoms with E-state index in [0.717, 1.165) is 56.8 Å². The van der Waals surface area contributed by atoms with Gasteiger partial charge in [0.15, 0.2) is 0 Å². The van der Waals surface area contributed by atoms with Crippen LogP contribution < -0.4 is 0 Å². The summed E-state index contributed by atoms with van der Waals surface area (Å²) in [7, 11) is -0.470. The highest BCUT2D eigenvalue weighted by molar-refractivity contribution is 6.36. The van der Waals surface area contributed by atoms with Gasteiger partial charge in [-0.3, -0.25) is 0 Å². The Kier molecular flexibility index (Phi) is 23.1. The first kappa shape index (κ1) is 30.9. The zero-order valence-electron chi connectivity index (χ0n) is 22.3. The van der Waals surface area contributed by atoms with Crippen LogP contribution in [-0.2, 0) is 14.0 Å². The van der Waals surface area contributed by atoms with Gasteiger partial charge in [0.1, 0.15) is 0 Å². The van der Waals surface area contributed by atoms with Gasteiger partial charge in [-0.15, -0.1) is 0 Å². The Morgan fingerprint density at radius 2 is 0.645 bits per heavy atom. The zero-order valence-corrected chi connectivity index (χ0v) is 22.3. The summed E-state index contributed by atoms with van der Waals surface area (Å²) in [6.07, 6.45) is 19.0. The maximum atomic E-state index is 5.94. The fraction of sp³-hybridized carbons (Fsp3) is 1.00. The van der Waals surface area contributed by atoms with Gasteiger partial charge in [0.2, 0.25) is 0 Å². The van der Waals surface area contributed by atoms with Crippen LogP contribution in [0.2, 0.25) is 0 Å². The second-order valence-electron chi connectivity index (χ2n) is 10.7. The van der Waals surface area contributed by atoms with Crippen LogP contribution in [0.3, 0.4) is 0 Å². The molecule has 0 aromatic heterocycles. The number of hydrogen-bond donors (Lipinski definition) is 0. The smallest absolute Gasteiger partial charge is 0.386 e. The molecular weight excluding hydrogens is 383 g/mol. The van der Waals surface area contributed by atoms with Crippen molar-refractivity contribution in [3.8, 4) is 0 Å². The van der Waals surface area contributed by atoms with Crippen molar-refractivity contribution in [3.63, 3.8) is 0 Å². The van der Waals surface area contributed by atoms with Crippen LogP contribution in [0.15, 0.2) is 0 Å². The highest BCUT2D eigenvalue weighted by Crippen LogP contribution is 2.12. The molecule has 0 saturated heterocycles. The van der Waals surface area contributed by atoms with Crippen LogP contribution in [0.4, 0.5) is 0 Å². The van der Waals surface area contributed by atoms with E-state index in [2.05, 4.69) is 41.5 Å². The van der Waals surface area contributed by atoms with Crippen LogP contribution in [-0.4, -0.2) is 27.1 Å². The summed E-state index contributed by atoms with van der Waals surface area (Å²) < 4.78 is 17.8. The summed E-state index contributed by atoms with van der Waals surface area (Å²) in [6, 6.07) is 0. The monoisotopic (exact) mass is 440 g/mol. The number of unbranched alkanes of at least 4 members (excludes halogenated alkanes) is 9. The third kappa shape index (κ3) is 26.1. The molecule has 0 aliphatic rings. The highest BCUT2D eigenvalue weighted by Gasteiger charge is 2.20. The molecule has 0 unspecified atom stereocenters. The molecule has 0 rings (SSSR count). The lowest BCUT2D eigenvalue weighted by Crippen LogP contribution is -2.28. The highest BCUT2D eigenvalue weighted by atomic mass is 16.7. The predicted octanol–water partition coefficient (Wildman–Crippen LogP) is 8.84. The Morgan fingerprint density at radius 3 is 0.903 bits per heavy atom. The van der Waals surface area contributed by atoms with Gasteiger partial charge in [0.05, 0.1) is 0 Å². The Hall–Kier alpha value is -0.0551. The molecule has 0 N–H and O–H groups in total. The maximum Gasteiger partial charge on any atom is 0.639 e. The molecule has 0 aromatic rings. The zero-order chi connectivity index (χ0) is 23.2. The van der Waals surface area contributed by atoms with Crippen molar-refractivity contribution in [1.82, 2.24) is 0 Å². The standard InChI is InChI=1S/C27H57BO3/c1-25(2)19-13-7-10-16-22-29-28(30-23-17-11-8-14-20-26(3)4)31-24-18-12-9-15-21-27(5)6/h25-27H,7-24H2,1-6H3. The fourth-order valence-electron chi connectivity index (χ4n) is 3.71. The second-order valence-corrected chi connectivity index (χ2v) is 10.7. The van der Waals surface area contributed by atoms with E-state index in [4.69, 9.17) is 14.0 Å². The molecule has 4 heteroatoms. The topological polar surface area (TPSA) is 27.7 Å². The molecule has 0 aliphatic carbocycles. The minimum atomic E-state index is -0.470. The first-order valence-electron chi connectivity index (χ1n) is 13.8. The summed E-state index contributed by atoms with van der Waals surface area (Å²) in [5.74, 6) is 2.45. The molecule has 0 bridgehead atoms. The van der Waals surface area contributed by atoms with E-state index in [1.165, 1.54) is 77.0 Å². The van der Waals surface area contributed by atoms with Crippen molar-refractivity contribution < 1.29 is 14.0 Å². The van der Waals surface area contributed by atoms with Gasteiger partial charge in [0.25, 0.3) is 0 Å². The van der Waals surface area contributed by atoms with Gasteiger partial charge in [-0.2, -0.15) is 0 Å². The average Bonchev–Trinajstić information content (AvgIpc) is 2.70. The van der Waals surface area contributed by atoms with Gasteiger partial charge in [-0.05, 0) is 37.0 Å². The Balaban J connectivity index is 3.90. The minimum Gasteiger partial charge on any atom is -0.386 e. The van der Waals surface area contributed by atoms with Crippen LogP contribution in [0.25, 0.3) is 0 Å². The van der Waals surface area contributed by atoms with E-state index in [-0.39, 0.29) is 0 Å². The predicted molar refractivity (Wildman–Crippen MR) is 137 cm³/mol. The molecule has 0 amide bonds. The molecular formula is C27H57BO3. The Bertz CT molecular complexity index is 295. The summed E-state index contributed by atoms with van der Waals surface area (Å²) in [5.41, 5.74) is 0. The normalized spacial score (nSPS) is 11.9. The van der Waals surface area contributed by atoms with Crippen LogP contribution in [0.5, 0.6) is 0 Å². The van der Waals surface area contributed by atoms with Gasteiger partial charge >= 0.3 is 7.32 Å². The van der Waals surface area contributed by atoms with Crippen LogP contribution in [0.1, 0.15) is 138 Å². The van der Waals surface area contributed by atoms with Crippen molar-refractivity contribution in [2.24, 2.45) is 17.8 Å². The Labute approximate surface area is 196 Å². The molecule has 3 nitrogen and oxygen atoms in total. The SMILES string of the molecule is CC(C)CCCCCCOB(OCCCCCCC(C)C)OCCCCCCC(C)C. The molecule has 0 saturated carbocycles. The van der Waals surface area contributed by atoms with Crippen molar-refractivity contribution in [2.75, 3.05) is 19.8 Å². The number of rotatable bonds is 24. The van der Waals surface area contributed by atoms with E-state index < -0.39 is 7.32 Å². The molecule has 0 aromatic carbocycles. The summed E-state index contributed by atoms with van der Waals surface area (Å²) in [6.45, 7) is 16.1. The van der Waals surface area contributed by atoms with Crippen molar-refractivity contribution >= 4 is 7.32 Å². The van der Waals surface area contributed by atoms with Gasteiger partial charge in [-0.1, -0.05) is 119 Å². The number of hydrogen-bond acceptors (Lipinski definition) is 3. The third-order valence-corrected chi connectivity index (χ3v) is 5.79.